The van der Waals surface area contributed by atoms with Crippen molar-refractivity contribution >= 4 is 89.1 Å². The lowest BCUT2D eigenvalue weighted by Crippen LogP contribution is -2.45. The zero-order valence-electron chi connectivity index (χ0n) is 53.0. The number of carbonyl (C=O) groups is 9. The minimum atomic E-state index is -0.865. The van der Waals surface area contributed by atoms with Crippen LogP contribution in [0.25, 0.3) is 11.1 Å². The Morgan fingerprint density at radius 3 is 2.05 bits per heavy atom. The number of nitrogens with one attached hydrogen (secondary N) is 6. The van der Waals surface area contributed by atoms with Crippen LogP contribution in [0.5, 0.6) is 11.5 Å². The predicted molar refractivity (Wildman–Crippen MR) is 346 cm³/mol. The second kappa shape index (κ2) is 37.5. The molecule has 3 heterocycles. The normalized spacial score (nSPS) is 13.3. The highest BCUT2D eigenvalue weighted by Gasteiger charge is 2.25. The fraction of sp³-hybridized carbons (Fsp3) is 0.455. The molecule has 3 unspecified atom stereocenters. The van der Waals surface area contributed by atoms with Crippen LogP contribution >= 0.6 is 0 Å². The molecular weight excluding hydrogens is 1120 g/mol. The summed E-state index contributed by atoms with van der Waals surface area (Å²) in [5.74, 6) is -0.807. The summed E-state index contributed by atoms with van der Waals surface area (Å²) in [5, 5.41) is 16.6. The van der Waals surface area contributed by atoms with E-state index in [-0.39, 0.29) is 67.3 Å². The number of piperidine rings is 1. The fourth-order valence-corrected chi connectivity index (χ4v) is 9.36. The average molecular weight is 1210 g/mol. The molecule has 0 bridgehead atoms. The van der Waals surface area contributed by atoms with Crippen molar-refractivity contribution in [3.8, 4) is 22.6 Å². The van der Waals surface area contributed by atoms with Crippen molar-refractivity contribution in [3.05, 3.63) is 102 Å². The van der Waals surface area contributed by atoms with Crippen molar-refractivity contribution < 1.29 is 52.6 Å². The topological polar surface area (TPSA) is 273 Å². The van der Waals surface area contributed by atoms with Gasteiger partial charge in [0.05, 0.1) is 43.4 Å². The predicted octanol–water partition coefficient (Wildman–Crippen LogP) is 9.51. The Morgan fingerprint density at radius 2 is 1.42 bits per heavy atom. The number of amides is 7. The average Bonchev–Trinajstić information content (AvgIpc) is 2.58. The summed E-state index contributed by atoms with van der Waals surface area (Å²) >= 11 is 0. The number of anilines is 4. The van der Waals surface area contributed by atoms with E-state index in [1.165, 1.54) is 13.3 Å². The van der Waals surface area contributed by atoms with Crippen LogP contribution in [0.3, 0.4) is 0 Å². The zero-order valence-corrected chi connectivity index (χ0v) is 53.0. The van der Waals surface area contributed by atoms with Gasteiger partial charge in [-0.25, -0.2) is 0 Å². The molecule has 1 fully saturated rings. The first kappa shape index (κ1) is 71.4. The number of ether oxygens (including phenoxy) is 2. The van der Waals surface area contributed by atoms with E-state index in [0.29, 0.717) is 72.4 Å². The van der Waals surface area contributed by atoms with Gasteiger partial charge in [-0.2, -0.15) is 0 Å². The lowest BCUT2D eigenvalue weighted by atomic mass is 9.91. The Bertz CT molecular complexity index is 3120. The van der Waals surface area contributed by atoms with Crippen LogP contribution in [0.1, 0.15) is 132 Å². The molecule has 0 spiro atoms. The van der Waals surface area contributed by atoms with E-state index < -0.39 is 17.9 Å². The summed E-state index contributed by atoms with van der Waals surface area (Å²) in [6.45, 7) is 12.9. The summed E-state index contributed by atoms with van der Waals surface area (Å²) in [5.41, 5.74) is 7.19. The molecule has 0 saturated carbocycles. The molecule has 1 aliphatic heterocycles. The number of nitrogens with zero attached hydrogens (tertiary/aromatic N) is 5. The third-order valence-electron chi connectivity index (χ3n) is 14.5. The second-order valence-electron chi connectivity index (χ2n) is 22.0. The molecule has 3 atom stereocenters. The van der Waals surface area contributed by atoms with Crippen LogP contribution in [0.2, 0.25) is 0 Å². The molecule has 88 heavy (non-hydrogen) atoms. The van der Waals surface area contributed by atoms with Crippen molar-refractivity contribution in [3.63, 3.8) is 0 Å². The SMILES string of the molecule is CCC.CNc1ccc(-c2cc(C(=O)Nc3ccc(NC(=O)C(C)NC(=O)CNC(=O)CCCCCN(C)C(=O)C(CC=O)C(C)C)cc3)n(C)c2)cc1.COc1cc(C)c(N=CC2CCCCN2C=O)cc1OCCCC(=O)Nc1cc(C=O)n(C)c1. The zero-order chi connectivity index (χ0) is 64.7. The maximum atomic E-state index is 13.0. The van der Waals surface area contributed by atoms with Gasteiger partial charge in [0.1, 0.15) is 18.0 Å². The highest BCUT2D eigenvalue weighted by atomic mass is 16.5. The molecule has 5 aromatic rings. The summed E-state index contributed by atoms with van der Waals surface area (Å²) < 4.78 is 14.8. The molecule has 22 nitrogen and oxygen atoms in total. The van der Waals surface area contributed by atoms with E-state index >= 15 is 0 Å². The molecule has 6 N–H and O–H groups in total. The number of aliphatic imine (C=N–C) groups is 1. The van der Waals surface area contributed by atoms with Crippen molar-refractivity contribution in [1.82, 2.24) is 29.6 Å². The van der Waals surface area contributed by atoms with Crippen molar-refractivity contribution in [2.24, 2.45) is 30.9 Å². The third-order valence-corrected chi connectivity index (χ3v) is 14.5. The molecular formula is C66H91N11O11. The molecule has 0 aliphatic carbocycles. The number of benzene rings is 3. The highest BCUT2D eigenvalue weighted by Crippen LogP contribution is 2.35. The quantitative estimate of drug-likeness (QED) is 0.0143. The van der Waals surface area contributed by atoms with Gasteiger partial charge in [-0.3, -0.25) is 43.3 Å². The molecule has 0 radical (unpaired) electrons. The maximum absolute atomic E-state index is 13.0. The van der Waals surface area contributed by atoms with Crippen LogP contribution in [-0.2, 0) is 47.7 Å². The van der Waals surface area contributed by atoms with Crippen molar-refractivity contribution in [1.29, 1.82) is 0 Å². The van der Waals surface area contributed by atoms with Gasteiger partial charge < -0.3 is 65.1 Å². The highest BCUT2D eigenvalue weighted by molar-refractivity contribution is 6.04. The fourth-order valence-electron chi connectivity index (χ4n) is 9.36. The number of hydrogen-bond donors (Lipinski definition) is 6. The van der Waals surface area contributed by atoms with Crippen molar-refractivity contribution in [2.75, 3.05) is 68.7 Å². The third kappa shape index (κ3) is 23.3. The Kier molecular flexibility index (Phi) is 30.4. The van der Waals surface area contributed by atoms with Gasteiger partial charge in [-0.1, -0.05) is 52.7 Å². The number of hydrogen-bond acceptors (Lipinski definition) is 13. The van der Waals surface area contributed by atoms with E-state index in [4.69, 9.17) is 9.47 Å². The summed E-state index contributed by atoms with van der Waals surface area (Å²) in [6, 6.07) is 20.8. The largest absolute Gasteiger partial charge is 0.493 e. The number of likely N-dealkylation sites (tertiary alicyclic amines) is 1. The first-order valence-electron chi connectivity index (χ1n) is 30.1. The second-order valence-corrected chi connectivity index (χ2v) is 22.0. The number of aromatic nitrogens is 2. The van der Waals surface area contributed by atoms with Gasteiger partial charge in [0.15, 0.2) is 17.8 Å². The minimum Gasteiger partial charge on any atom is -0.493 e. The number of carbonyl (C=O) groups excluding carboxylic acids is 9. The van der Waals surface area contributed by atoms with Crippen LogP contribution in [-0.4, -0.2) is 139 Å². The van der Waals surface area contributed by atoms with Gasteiger partial charge in [0, 0.05) is 114 Å². The number of rotatable bonds is 30. The van der Waals surface area contributed by atoms with Gasteiger partial charge >= 0.3 is 0 Å². The van der Waals surface area contributed by atoms with Crippen LogP contribution in [0.15, 0.2) is 90.2 Å². The van der Waals surface area contributed by atoms with Crippen LogP contribution in [0.4, 0.5) is 28.4 Å². The number of unbranched alkanes of at least 4 members (excludes halogenated alkanes) is 2. The molecule has 7 amide bonds. The smallest absolute Gasteiger partial charge is 0.272 e. The lowest BCUT2D eigenvalue weighted by Gasteiger charge is -2.29. The van der Waals surface area contributed by atoms with E-state index in [2.05, 4.69) is 50.7 Å². The molecule has 6 rings (SSSR count). The van der Waals surface area contributed by atoms with Crippen LogP contribution in [0, 0.1) is 18.8 Å². The summed E-state index contributed by atoms with van der Waals surface area (Å²) in [4.78, 5) is 116. The monoisotopic (exact) mass is 1210 g/mol. The Balaban J connectivity index is 0.000000386. The summed E-state index contributed by atoms with van der Waals surface area (Å²) in [6.07, 6.45) is 15.3. The summed E-state index contributed by atoms with van der Waals surface area (Å²) in [7, 11) is 8.71. The standard InChI is InChI=1S/C38H51N7O6.C25H32N4O5.C3H8/c1-25(2)32(19-21-46)38(51)44(5)20-9-7-8-10-34(47)40-23-35(48)41-26(3)36(49)42-30-15-17-31(18-16-30)43-37(50)33-22-28(24-45(33)6)27-11-13-29(39-4)14-12-27;1-18-11-23(33-3)24(13-22(18)26-14-20-7-4-5-9-29(20)17-31)34-10-6-8-25(32)27-19-12-21(16-30)28(2)15-19;1-3-2/h11-18,21-22,24-26,32,39H,7-10,19-20,23H2,1-6H3,(H,40,47)(H,41,48)(H,42,49)(H,43,50);11-17,20H,4-10H2,1-3H3,(H,27,32);3H2,1-2H3. The van der Waals surface area contributed by atoms with E-state index in [1.807, 2.05) is 89.7 Å². The molecule has 22 heteroatoms. The first-order valence-corrected chi connectivity index (χ1v) is 30.1. The van der Waals surface area contributed by atoms with Gasteiger partial charge in [0.2, 0.25) is 35.9 Å². The van der Waals surface area contributed by atoms with E-state index in [1.54, 1.807) is 76.7 Å². The number of aryl methyl sites for hydroxylation is 3. The van der Waals surface area contributed by atoms with Gasteiger partial charge in [0.25, 0.3) is 5.91 Å². The molecule has 2 aromatic heterocycles. The van der Waals surface area contributed by atoms with Gasteiger partial charge in [-0.05, 0) is 124 Å². The van der Waals surface area contributed by atoms with Gasteiger partial charge in [-0.15, -0.1) is 0 Å². The molecule has 3 aromatic carbocycles. The van der Waals surface area contributed by atoms with Crippen LogP contribution < -0.4 is 41.4 Å². The minimum absolute atomic E-state index is 0.00265. The Morgan fingerprint density at radius 1 is 0.750 bits per heavy atom. The Hall–Kier alpha value is -9.08. The van der Waals surface area contributed by atoms with Crippen molar-refractivity contribution in [2.45, 2.75) is 124 Å². The molecule has 1 aliphatic rings. The molecule has 476 valence electrons. The lowest BCUT2D eigenvalue weighted by molar-refractivity contribution is -0.137. The van der Waals surface area contributed by atoms with E-state index in [0.717, 1.165) is 79.3 Å². The number of methoxy groups -OCH3 is 1. The first-order chi connectivity index (χ1) is 42.2. The Labute approximate surface area is 517 Å². The number of aldehydes is 2. The maximum Gasteiger partial charge on any atom is 0.272 e. The van der Waals surface area contributed by atoms with E-state index in [9.17, 15) is 43.2 Å². The molecule has 1 saturated heterocycles.